The van der Waals surface area contributed by atoms with Gasteiger partial charge in [0, 0.05) is 12.2 Å². The van der Waals surface area contributed by atoms with Gasteiger partial charge in [-0.05, 0) is 45.7 Å². The Morgan fingerprint density at radius 3 is 2.23 bits per heavy atom. The van der Waals surface area contributed by atoms with Crippen molar-refractivity contribution in [1.82, 2.24) is 15.5 Å². The fourth-order valence-corrected chi connectivity index (χ4v) is 3.23. The molecule has 1 aliphatic rings. The van der Waals surface area contributed by atoms with E-state index in [1.54, 1.807) is 13.8 Å². The number of rotatable bonds is 8. The Hall–Kier alpha value is -3.43. The van der Waals surface area contributed by atoms with E-state index < -0.39 is 41.9 Å². The lowest BCUT2D eigenvalue weighted by Crippen LogP contribution is -2.40. The Bertz CT molecular complexity index is 901. The molecule has 0 unspecified atom stereocenters. The topological polar surface area (TPSA) is 134 Å². The number of nitrogens with one attached hydrogen (secondary N) is 3. The molecule has 2 rings (SSSR count). The van der Waals surface area contributed by atoms with Gasteiger partial charge in [0.1, 0.15) is 5.54 Å². The van der Waals surface area contributed by atoms with E-state index in [2.05, 4.69) is 16.0 Å². The Morgan fingerprint density at radius 1 is 1.06 bits per heavy atom. The van der Waals surface area contributed by atoms with Gasteiger partial charge in [-0.2, -0.15) is 0 Å². The standard InChI is InChI=1S/C21H28N4O6/c1-12-8-13(2)18(14(3)9-12)23-15(26)10-22-16(27)11-31-17(28)6-7-25-19(29)21(4,5)24-20(25)30/h8-9H,6-7,10-11H2,1-5H3,(H,22,27)(H,23,26)(H,24,30). The highest BCUT2D eigenvalue weighted by Gasteiger charge is 2.44. The molecule has 0 atom stereocenters. The average molecular weight is 432 g/mol. The minimum absolute atomic E-state index is 0.147. The first-order chi connectivity index (χ1) is 14.4. The number of urea groups is 1. The Balaban J connectivity index is 1.71. The van der Waals surface area contributed by atoms with Crippen LogP contribution >= 0.6 is 0 Å². The zero-order chi connectivity index (χ0) is 23.3. The van der Waals surface area contributed by atoms with E-state index in [-0.39, 0.29) is 19.5 Å². The summed E-state index contributed by atoms with van der Waals surface area (Å²) in [6, 6.07) is 3.31. The predicted octanol–water partition coefficient (Wildman–Crippen LogP) is 0.930. The molecule has 0 aromatic heterocycles. The van der Waals surface area contributed by atoms with Gasteiger partial charge >= 0.3 is 12.0 Å². The lowest BCUT2D eigenvalue weighted by molar-refractivity contribution is -0.149. The summed E-state index contributed by atoms with van der Waals surface area (Å²) in [5.41, 5.74) is 2.60. The molecule has 168 valence electrons. The molecular formula is C21H28N4O6. The van der Waals surface area contributed by atoms with Crippen LogP contribution in [0.25, 0.3) is 0 Å². The molecule has 0 saturated carbocycles. The van der Waals surface area contributed by atoms with Crippen LogP contribution in [0.15, 0.2) is 12.1 Å². The first-order valence-electron chi connectivity index (χ1n) is 9.85. The summed E-state index contributed by atoms with van der Waals surface area (Å²) >= 11 is 0. The smallest absolute Gasteiger partial charge is 0.325 e. The van der Waals surface area contributed by atoms with Crippen molar-refractivity contribution < 1.29 is 28.7 Å². The predicted molar refractivity (Wildman–Crippen MR) is 112 cm³/mol. The third kappa shape index (κ3) is 6.27. The van der Waals surface area contributed by atoms with Crippen molar-refractivity contribution in [2.75, 3.05) is 25.0 Å². The van der Waals surface area contributed by atoms with Gasteiger partial charge in [0.25, 0.3) is 11.8 Å². The summed E-state index contributed by atoms with van der Waals surface area (Å²) in [5, 5.41) is 7.63. The molecule has 1 saturated heterocycles. The monoisotopic (exact) mass is 432 g/mol. The second kappa shape index (κ2) is 9.59. The van der Waals surface area contributed by atoms with Crippen LogP contribution in [0.1, 0.15) is 37.0 Å². The summed E-state index contributed by atoms with van der Waals surface area (Å²) in [4.78, 5) is 60.5. The Kier molecular flexibility index (Phi) is 7.37. The molecule has 1 aliphatic heterocycles. The largest absolute Gasteiger partial charge is 0.456 e. The van der Waals surface area contributed by atoms with Crippen LogP contribution in [0.2, 0.25) is 0 Å². The van der Waals surface area contributed by atoms with Gasteiger partial charge in [0.05, 0.1) is 13.0 Å². The van der Waals surface area contributed by atoms with E-state index in [9.17, 15) is 24.0 Å². The fraction of sp³-hybridized carbons (Fsp3) is 0.476. The summed E-state index contributed by atoms with van der Waals surface area (Å²) in [6.45, 7) is 7.86. The second-order valence-corrected chi connectivity index (χ2v) is 8.02. The van der Waals surface area contributed by atoms with E-state index in [0.29, 0.717) is 5.69 Å². The van der Waals surface area contributed by atoms with Gasteiger partial charge in [0.15, 0.2) is 6.61 Å². The summed E-state index contributed by atoms with van der Waals surface area (Å²) in [6.07, 6.45) is -0.241. The van der Waals surface area contributed by atoms with Crippen LogP contribution in [0.4, 0.5) is 10.5 Å². The molecule has 0 bridgehead atoms. The van der Waals surface area contributed by atoms with Crippen LogP contribution in [-0.4, -0.2) is 59.9 Å². The number of esters is 1. The maximum Gasteiger partial charge on any atom is 0.325 e. The third-order valence-corrected chi connectivity index (χ3v) is 4.74. The van der Waals surface area contributed by atoms with Crippen molar-refractivity contribution in [1.29, 1.82) is 0 Å². The van der Waals surface area contributed by atoms with Gasteiger partial charge in [-0.3, -0.25) is 24.1 Å². The number of aryl methyl sites for hydroxylation is 3. The summed E-state index contributed by atoms with van der Waals surface area (Å²) in [5.74, 6) is -2.23. The van der Waals surface area contributed by atoms with Crippen molar-refractivity contribution in [3.8, 4) is 0 Å². The molecule has 1 fully saturated rings. The molecule has 10 nitrogen and oxygen atoms in total. The van der Waals surface area contributed by atoms with Gasteiger partial charge in [-0.15, -0.1) is 0 Å². The minimum Gasteiger partial charge on any atom is -0.456 e. The molecule has 31 heavy (non-hydrogen) atoms. The highest BCUT2D eigenvalue weighted by Crippen LogP contribution is 2.21. The molecule has 0 spiro atoms. The minimum atomic E-state index is -1.02. The lowest BCUT2D eigenvalue weighted by atomic mass is 10.1. The van der Waals surface area contributed by atoms with Gasteiger partial charge < -0.3 is 20.7 Å². The molecule has 10 heteroatoms. The molecule has 5 amide bonds. The molecule has 0 aliphatic carbocycles. The zero-order valence-corrected chi connectivity index (χ0v) is 18.4. The van der Waals surface area contributed by atoms with Crippen LogP contribution < -0.4 is 16.0 Å². The quantitative estimate of drug-likeness (QED) is 0.413. The van der Waals surface area contributed by atoms with Crippen LogP contribution in [0.3, 0.4) is 0 Å². The summed E-state index contributed by atoms with van der Waals surface area (Å²) in [7, 11) is 0. The van der Waals surface area contributed by atoms with Gasteiger partial charge in [-0.25, -0.2) is 4.79 Å². The van der Waals surface area contributed by atoms with E-state index >= 15 is 0 Å². The number of anilines is 1. The average Bonchev–Trinajstić information content (AvgIpc) is 2.86. The molecule has 0 radical (unpaired) electrons. The van der Waals surface area contributed by atoms with E-state index in [1.807, 2.05) is 32.9 Å². The van der Waals surface area contributed by atoms with E-state index in [1.165, 1.54) is 0 Å². The maximum absolute atomic E-state index is 12.1. The van der Waals surface area contributed by atoms with E-state index in [0.717, 1.165) is 21.6 Å². The first-order valence-corrected chi connectivity index (χ1v) is 9.85. The highest BCUT2D eigenvalue weighted by atomic mass is 16.5. The Labute approximate surface area is 180 Å². The number of hydrogen-bond donors (Lipinski definition) is 3. The van der Waals surface area contributed by atoms with Crippen LogP contribution in [-0.2, 0) is 23.9 Å². The van der Waals surface area contributed by atoms with Crippen LogP contribution in [0, 0.1) is 20.8 Å². The SMILES string of the molecule is Cc1cc(C)c(NC(=O)CNC(=O)COC(=O)CCN2C(=O)NC(C)(C)C2=O)c(C)c1. The highest BCUT2D eigenvalue weighted by molar-refractivity contribution is 6.06. The number of carbonyl (C=O) groups is 5. The van der Waals surface area contributed by atoms with Crippen molar-refractivity contribution >= 4 is 35.4 Å². The number of carbonyl (C=O) groups excluding carboxylic acids is 5. The van der Waals surface area contributed by atoms with Gasteiger partial charge in [0.2, 0.25) is 5.91 Å². The van der Waals surface area contributed by atoms with Crippen molar-refractivity contribution in [2.45, 2.75) is 46.6 Å². The normalized spacial score (nSPS) is 14.8. The van der Waals surface area contributed by atoms with Crippen molar-refractivity contribution in [3.63, 3.8) is 0 Å². The molecule has 1 aromatic carbocycles. The lowest BCUT2D eigenvalue weighted by Gasteiger charge is -2.15. The molecular weight excluding hydrogens is 404 g/mol. The van der Waals surface area contributed by atoms with E-state index in [4.69, 9.17) is 4.74 Å². The zero-order valence-electron chi connectivity index (χ0n) is 18.4. The molecule has 1 aromatic rings. The fourth-order valence-electron chi connectivity index (χ4n) is 3.23. The number of benzene rings is 1. The first kappa shape index (κ1) is 23.8. The van der Waals surface area contributed by atoms with Crippen LogP contribution in [0.5, 0.6) is 0 Å². The van der Waals surface area contributed by atoms with Crippen molar-refractivity contribution in [2.24, 2.45) is 0 Å². The van der Waals surface area contributed by atoms with Gasteiger partial charge in [-0.1, -0.05) is 17.7 Å². The molecule has 1 heterocycles. The summed E-state index contributed by atoms with van der Waals surface area (Å²) < 4.78 is 4.84. The number of ether oxygens (including phenoxy) is 1. The number of amides is 5. The Morgan fingerprint density at radius 2 is 1.68 bits per heavy atom. The third-order valence-electron chi connectivity index (χ3n) is 4.74. The maximum atomic E-state index is 12.1. The molecule has 3 N–H and O–H groups in total. The van der Waals surface area contributed by atoms with Crippen molar-refractivity contribution in [3.05, 3.63) is 28.8 Å². The number of nitrogens with zero attached hydrogens (tertiary/aromatic N) is 1. The number of hydrogen-bond acceptors (Lipinski definition) is 6. The number of imide groups is 1. The second-order valence-electron chi connectivity index (χ2n) is 8.02.